The van der Waals surface area contributed by atoms with Crippen molar-refractivity contribution in [3.05, 3.63) is 42.2 Å². The third-order valence-electron chi connectivity index (χ3n) is 3.62. The Bertz CT molecular complexity index is 1570. The summed E-state index contributed by atoms with van der Waals surface area (Å²) in [4.78, 5) is 8.10. The highest BCUT2D eigenvalue weighted by molar-refractivity contribution is 5.93. The molecule has 0 aliphatic rings. The maximum absolute atomic E-state index is 9.86. The minimum Gasteiger partial charge on any atom is -0.507 e. The van der Waals surface area contributed by atoms with Crippen molar-refractivity contribution < 1.29 is 43.2 Å². The molecule has 0 unspecified atom stereocenters. The molecular weight excluding hydrogens is 386 g/mol. The number of anilines is 2. The van der Waals surface area contributed by atoms with Gasteiger partial charge in [0.1, 0.15) is 31.0 Å². The number of nitrogens with one attached hydrogen (secondary N) is 1. The Morgan fingerprint density at radius 2 is 1.80 bits per heavy atom. The molecule has 0 bridgehead atoms. The van der Waals surface area contributed by atoms with Crippen LogP contribution < -0.4 is 14.8 Å². The zero-order valence-electron chi connectivity index (χ0n) is 29.0. The molecule has 2 N–H and O–H groups in total. The van der Waals surface area contributed by atoms with Gasteiger partial charge in [-0.3, -0.25) is 0 Å². The predicted octanol–water partition coefficient (Wildman–Crippen LogP) is 3.11. The van der Waals surface area contributed by atoms with Gasteiger partial charge in [0.25, 0.3) is 0 Å². The molecule has 1 aromatic heterocycles. The van der Waals surface area contributed by atoms with Crippen LogP contribution in [-0.2, 0) is 9.47 Å². The van der Waals surface area contributed by atoms with E-state index in [9.17, 15) is 5.11 Å². The van der Waals surface area contributed by atoms with Gasteiger partial charge in [0, 0.05) is 31.2 Å². The summed E-state index contributed by atoms with van der Waals surface area (Å²) in [7, 11) is -6.83. The molecule has 156 valence electrons. The minimum absolute atomic E-state index is 0.000552. The molecule has 2 aromatic carbocycles. The standard InChI is InChI=1S/C22H23N3O5/c1-4-15-11-16(5-6-19(15)26)25-22-17-12-20(29-9-7-27-2)21(30-10-8-28-3)13-18(17)23-14-24-22/h1,5-6,11-14,26H,7-10H2,2-3H3,(H,23,24,25)/i2D3,3D3,7D2,8D2,9D2,10D2. The average Bonchev–Trinajstić information content (AvgIpc) is 2.82. The molecule has 3 aromatic rings. The number of terminal acetylenes is 1. The summed E-state index contributed by atoms with van der Waals surface area (Å²) < 4.78 is 125. The molecule has 0 aliphatic heterocycles. The monoisotopic (exact) mass is 423 g/mol. The molecule has 0 spiro atoms. The van der Waals surface area contributed by atoms with Gasteiger partial charge in [-0.25, -0.2) is 9.97 Å². The quantitative estimate of drug-likeness (QED) is 0.379. The molecule has 0 amide bonds. The molecule has 0 radical (unpaired) electrons. The third kappa shape index (κ3) is 5.08. The second-order valence-corrected chi connectivity index (χ2v) is 5.36. The fourth-order valence-electron chi connectivity index (χ4n) is 2.38. The highest BCUT2D eigenvalue weighted by Crippen LogP contribution is 2.35. The molecule has 0 saturated heterocycles. The number of ether oxygens (including phenoxy) is 4. The first-order valence-corrected chi connectivity index (χ1v) is 8.00. The average molecular weight is 424 g/mol. The molecule has 30 heavy (non-hydrogen) atoms. The van der Waals surface area contributed by atoms with E-state index in [1.165, 1.54) is 18.2 Å². The van der Waals surface area contributed by atoms with Crippen LogP contribution >= 0.6 is 0 Å². The SMILES string of the molecule is [2H]C([2H])([2H])OC([2H])([2H])C([2H])([2H])Oc1cc2ncnc(Nc3ccc(O)c(C#C)c3)c2cc1OC([2H])([2H])C([2H])([2H])OC([2H])([2H])[2H]. The number of hydrogen-bond acceptors (Lipinski definition) is 8. The second-order valence-electron chi connectivity index (χ2n) is 5.36. The van der Waals surface area contributed by atoms with Crippen molar-refractivity contribution in [3.8, 4) is 29.6 Å². The van der Waals surface area contributed by atoms with Crippen LogP contribution in [0, 0.1) is 12.3 Å². The van der Waals surface area contributed by atoms with E-state index in [2.05, 4.69) is 30.7 Å². The highest BCUT2D eigenvalue weighted by Gasteiger charge is 2.13. The summed E-state index contributed by atoms with van der Waals surface area (Å²) in [5.41, 5.74) is 0.368. The van der Waals surface area contributed by atoms with Crippen molar-refractivity contribution in [2.45, 2.75) is 0 Å². The van der Waals surface area contributed by atoms with Crippen molar-refractivity contribution in [1.29, 1.82) is 0 Å². The molecule has 3 rings (SSSR count). The van der Waals surface area contributed by atoms with Gasteiger partial charge < -0.3 is 29.4 Å². The molecule has 0 aliphatic carbocycles. The van der Waals surface area contributed by atoms with Gasteiger partial charge >= 0.3 is 0 Å². The summed E-state index contributed by atoms with van der Waals surface area (Å²) in [6.45, 7) is -14.5. The van der Waals surface area contributed by atoms with Crippen LogP contribution in [0.3, 0.4) is 0 Å². The van der Waals surface area contributed by atoms with Gasteiger partial charge in [-0.15, -0.1) is 6.42 Å². The normalized spacial score (nSPS) is 20.2. The first kappa shape index (κ1) is 9.51. The summed E-state index contributed by atoms with van der Waals surface area (Å²) in [5.74, 6) is 0.406. The van der Waals surface area contributed by atoms with Crippen LogP contribution in [0.1, 0.15) is 24.8 Å². The van der Waals surface area contributed by atoms with Crippen LogP contribution in [0.25, 0.3) is 10.9 Å². The third-order valence-corrected chi connectivity index (χ3v) is 3.62. The van der Waals surface area contributed by atoms with Crippen LogP contribution in [0.4, 0.5) is 11.5 Å². The fourth-order valence-corrected chi connectivity index (χ4v) is 2.38. The lowest BCUT2D eigenvalue weighted by molar-refractivity contribution is 0.132. The van der Waals surface area contributed by atoms with Crippen molar-refractivity contribution in [1.82, 2.24) is 9.97 Å². The van der Waals surface area contributed by atoms with Gasteiger partial charge in [0.05, 0.1) is 43.4 Å². The number of nitrogens with zero attached hydrogens (tertiary/aromatic N) is 2. The molecular formula is C22H23N3O5. The Morgan fingerprint density at radius 3 is 2.50 bits per heavy atom. The summed E-state index contributed by atoms with van der Waals surface area (Å²) in [6, 6.07) is 5.97. The minimum atomic E-state index is -3.66. The zero-order chi connectivity index (χ0) is 33.5. The maximum Gasteiger partial charge on any atom is 0.163 e. The molecule has 1 heterocycles. The largest absolute Gasteiger partial charge is 0.507 e. The van der Waals surface area contributed by atoms with E-state index in [1.54, 1.807) is 0 Å². The molecule has 0 saturated carbocycles. The fraction of sp³-hybridized carbons (Fsp3) is 0.273. The van der Waals surface area contributed by atoms with Crippen molar-refractivity contribution in [2.24, 2.45) is 0 Å². The number of rotatable bonds is 10. The Morgan fingerprint density at radius 1 is 1.07 bits per heavy atom. The number of methoxy groups -OCH3 is 2. The number of aromatic nitrogens is 2. The predicted molar refractivity (Wildman–Crippen MR) is 114 cm³/mol. The van der Waals surface area contributed by atoms with E-state index in [0.29, 0.717) is 5.69 Å². The first-order valence-electron chi connectivity index (χ1n) is 15.0. The van der Waals surface area contributed by atoms with Gasteiger partial charge in [-0.1, -0.05) is 5.92 Å². The Hall–Kier alpha value is -3.54. The lowest BCUT2D eigenvalue weighted by Gasteiger charge is -2.15. The highest BCUT2D eigenvalue weighted by atomic mass is 16.5. The van der Waals surface area contributed by atoms with E-state index in [1.807, 2.05) is 0 Å². The van der Waals surface area contributed by atoms with E-state index in [-0.39, 0.29) is 28.0 Å². The molecule has 8 nitrogen and oxygen atoms in total. The lowest BCUT2D eigenvalue weighted by atomic mass is 10.1. The Balaban J connectivity index is 2.19. The van der Waals surface area contributed by atoms with E-state index >= 15 is 0 Å². The number of benzene rings is 2. The maximum atomic E-state index is 9.86. The Kier molecular flexibility index (Phi) is 3.27. The number of phenols is 1. The first-order chi connectivity index (χ1) is 19.9. The Labute approximate surface area is 194 Å². The van der Waals surface area contributed by atoms with Crippen LogP contribution in [-0.4, -0.2) is 55.4 Å². The number of phenolic OH excluding ortho intramolecular Hbond substituents is 1. The smallest absolute Gasteiger partial charge is 0.163 e. The topological polar surface area (TPSA) is 95.0 Å². The van der Waals surface area contributed by atoms with Gasteiger partial charge in [0.2, 0.25) is 0 Å². The number of fused-ring (bicyclic) bond motifs is 1. The van der Waals surface area contributed by atoms with Gasteiger partial charge in [-0.2, -0.15) is 0 Å². The lowest BCUT2D eigenvalue weighted by Crippen LogP contribution is -2.09. The van der Waals surface area contributed by atoms with Gasteiger partial charge in [-0.05, 0) is 24.3 Å². The van der Waals surface area contributed by atoms with E-state index in [0.717, 1.165) is 18.5 Å². The van der Waals surface area contributed by atoms with Crippen molar-refractivity contribution >= 4 is 22.4 Å². The van der Waals surface area contributed by atoms with Crippen molar-refractivity contribution in [3.63, 3.8) is 0 Å². The van der Waals surface area contributed by atoms with E-state index < -0.39 is 51.8 Å². The molecule has 0 fully saturated rings. The molecule has 8 heteroatoms. The van der Waals surface area contributed by atoms with Crippen LogP contribution in [0.2, 0.25) is 0 Å². The van der Waals surface area contributed by atoms with E-state index in [4.69, 9.17) is 35.1 Å². The molecule has 0 atom stereocenters. The van der Waals surface area contributed by atoms with Crippen LogP contribution in [0.15, 0.2) is 36.7 Å². The number of hydrogen-bond donors (Lipinski definition) is 2. The summed E-state index contributed by atoms with van der Waals surface area (Å²) in [6.07, 6.45) is 6.43. The van der Waals surface area contributed by atoms with Crippen molar-refractivity contribution in [2.75, 3.05) is 45.6 Å². The number of aromatic hydroxyl groups is 1. The van der Waals surface area contributed by atoms with Crippen LogP contribution in [0.5, 0.6) is 17.2 Å². The van der Waals surface area contributed by atoms with Gasteiger partial charge in [0.15, 0.2) is 11.5 Å². The summed E-state index contributed by atoms with van der Waals surface area (Å²) in [5, 5.41) is 12.7. The summed E-state index contributed by atoms with van der Waals surface area (Å²) >= 11 is 0. The zero-order valence-corrected chi connectivity index (χ0v) is 15.0. The second kappa shape index (κ2) is 10.3.